The van der Waals surface area contributed by atoms with Gasteiger partial charge in [-0.1, -0.05) is 12.1 Å². The van der Waals surface area contributed by atoms with Gasteiger partial charge in [0.1, 0.15) is 5.82 Å². The fourth-order valence-corrected chi connectivity index (χ4v) is 2.75. The zero-order chi connectivity index (χ0) is 15.4. The van der Waals surface area contributed by atoms with Gasteiger partial charge in [0, 0.05) is 19.1 Å². The largest absolute Gasteiger partial charge is 0.342 e. The van der Waals surface area contributed by atoms with Crippen molar-refractivity contribution in [1.29, 1.82) is 0 Å². The third-order valence-corrected chi connectivity index (χ3v) is 4.20. The first-order valence-electron chi connectivity index (χ1n) is 7.87. The Labute approximate surface area is 126 Å². The van der Waals surface area contributed by atoms with Crippen LogP contribution in [0.25, 0.3) is 0 Å². The zero-order valence-electron chi connectivity index (χ0n) is 13.1. The highest BCUT2D eigenvalue weighted by molar-refractivity contribution is 5.81. The average molecular weight is 292 g/mol. The molecule has 0 radical (unpaired) electrons. The van der Waals surface area contributed by atoms with E-state index in [-0.39, 0.29) is 23.8 Å². The van der Waals surface area contributed by atoms with Crippen LogP contribution in [0.15, 0.2) is 24.3 Å². The van der Waals surface area contributed by atoms with Gasteiger partial charge in [-0.05, 0) is 57.2 Å². The maximum atomic E-state index is 13.1. The number of likely N-dealkylation sites (N-methyl/N-ethyl adjacent to an activating group) is 1. The number of hydrogen-bond donors (Lipinski definition) is 1. The SMILES string of the molecule is CCN(CC)C(=O)C(C)NC(c1ccc(F)cc1)C1CC1. The molecule has 116 valence electrons. The highest BCUT2D eigenvalue weighted by Crippen LogP contribution is 2.41. The Hall–Kier alpha value is -1.42. The third kappa shape index (κ3) is 4.03. The molecular weight excluding hydrogens is 267 g/mol. The van der Waals surface area contributed by atoms with E-state index in [1.807, 2.05) is 37.8 Å². The lowest BCUT2D eigenvalue weighted by molar-refractivity contribution is -0.132. The molecule has 1 aromatic carbocycles. The van der Waals surface area contributed by atoms with E-state index in [1.165, 1.54) is 25.0 Å². The Morgan fingerprint density at radius 3 is 2.33 bits per heavy atom. The molecule has 3 nitrogen and oxygen atoms in total. The van der Waals surface area contributed by atoms with E-state index in [0.717, 1.165) is 18.7 Å². The van der Waals surface area contributed by atoms with Crippen molar-refractivity contribution in [3.8, 4) is 0 Å². The van der Waals surface area contributed by atoms with Gasteiger partial charge in [-0.3, -0.25) is 10.1 Å². The van der Waals surface area contributed by atoms with Gasteiger partial charge in [0.15, 0.2) is 0 Å². The van der Waals surface area contributed by atoms with Gasteiger partial charge in [-0.2, -0.15) is 0 Å². The molecule has 1 saturated carbocycles. The number of rotatable bonds is 7. The molecule has 0 bridgehead atoms. The maximum absolute atomic E-state index is 13.1. The number of nitrogens with zero attached hydrogens (tertiary/aromatic N) is 1. The van der Waals surface area contributed by atoms with E-state index in [4.69, 9.17) is 0 Å². The molecule has 0 saturated heterocycles. The summed E-state index contributed by atoms with van der Waals surface area (Å²) in [5.74, 6) is 0.468. The molecule has 0 aromatic heterocycles. The van der Waals surface area contributed by atoms with Crippen LogP contribution in [0.2, 0.25) is 0 Å². The maximum Gasteiger partial charge on any atom is 0.239 e. The molecule has 1 aliphatic rings. The number of hydrogen-bond acceptors (Lipinski definition) is 2. The van der Waals surface area contributed by atoms with Crippen LogP contribution in [-0.2, 0) is 4.79 Å². The van der Waals surface area contributed by atoms with Gasteiger partial charge in [0.25, 0.3) is 0 Å². The first-order valence-corrected chi connectivity index (χ1v) is 7.87. The van der Waals surface area contributed by atoms with Gasteiger partial charge in [0.2, 0.25) is 5.91 Å². The second kappa shape index (κ2) is 7.03. The van der Waals surface area contributed by atoms with E-state index in [9.17, 15) is 9.18 Å². The highest BCUT2D eigenvalue weighted by Gasteiger charge is 2.34. The number of nitrogens with one attached hydrogen (secondary N) is 1. The molecule has 1 aliphatic carbocycles. The quantitative estimate of drug-likeness (QED) is 0.837. The van der Waals surface area contributed by atoms with Crippen molar-refractivity contribution in [3.05, 3.63) is 35.6 Å². The molecule has 21 heavy (non-hydrogen) atoms. The van der Waals surface area contributed by atoms with Crippen LogP contribution in [-0.4, -0.2) is 29.9 Å². The van der Waals surface area contributed by atoms with Crippen LogP contribution < -0.4 is 5.32 Å². The summed E-state index contributed by atoms with van der Waals surface area (Å²) in [7, 11) is 0. The second-order valence-electron chi connectivity index (χ2n) is 5.77. The molecule has 1 aromatic rings. The Morgan fingerprint density at radius 2 is 1.86 bits per heavy atom. The van der Waals surface area contributed by atoms with Crippen molar-refractivity contribution < 1.29 is 9.18 Å². The number of carbonyl (C=O) groups excluding carboxylic acids is 1. The lowest BCUT2D eigenvalue weighted by Crippen LogP contribution is -2.46. The van der Waals surface area contributed by atoms with Gasteiger partial charge in [0.05, 0.1) is 6.04 Å². The minimum atomic E-state index is -0.222. The third-order valence-electron chi connectivity index (χ3n) is 4.20. The van der Waals surface area contributed by atoms with Crippen LogP contribution in [0.5, 0.6) is 0 Å². The summed E-state index contributed by atoms with van der Waals surface area (Å²) in [4.78, 5) is 14.2. The zero-order valence-corrected chi connectivity index (χ0v) is 13.1. The van der Waals surface area contributed by atoms with Crippen molar-refractivity contribution in [3.63, 3.8) is 0 Å². The summed E-state index contributed by atoms with van der Waals surface area (Å²) in [5, 5.41) is 3.45. The molecule has 2 atom stereocenters. The summed E-state index contributed by atoms with van der Waals surface area (Å²) in [5.41, 5.74) is 1.07. The smallest absolute Gasteiger partial charge is 0.239 e. The van der Waals surface area contributed by atoms with Crippen molar-refractivity contribution in [2.24, 2.45) is 5.92 Å². The monoisotopic (exact) mass is 292 g/mol. The summed E-state index contributed by atoms with van der Waals surface area (Å²) in [6.07, 6.45) is 2.34. The Balaban J connectivity index is 2.06. The lowest BCUT2D eigenvalue weighted by Gasteiger charge is -2.27. The predicted octanol–water partition coefficient (Wildman–Crippen LogP) is 3.12. The second-order valence-corrected chi connectivity index (χ2v) is 5.77. The Morgan fingerprint density at radius 1 is 1.29 bits per heavy atom. The van der Waals surface area contributed by atoms with Gasteiger partial charge < -0.3 is 4.90 Å². The number of halogens is 1. The van der Waals surface area contributed by atoms with Crippen molar-refractivity contribution in [1.82, 2.24) is 10.2 Å². The van der Waals surface area contributed by atoms with Gasteiger partial charge >= 0.3 is 0 Å². The molecule has 4 heteroatoms. The summed E-state index contributed by atoms with van der Waals surface area (Å²) >= 11 is 0. The van der Waals surface area contributed by atoms with E-state index < -0.39 is 0 Å². The standard InChI is InChI=1S/C17H25FN2O/c1-4-20(5-2)17(21)12(3)19-16(13-6-7-13)14-8-10-15(18)11-9-14/h8-13,16,19H,4-7H2,1-3H3. The summed E-state index contributed by atoms with van der Waals surface area (Å²) in [6, 6.07) is 6.53. The fraction of sp³-hybridized carbons (Fsp3) is 0.588. The minimum absolute atomic E-state index is 0.132. The average Bonchev–Trinajstić information content (AvgIpc) is 3.31. The van der Waals surface area contributed by atoms with Gasteiger partial charge in [-0.25, -0.2) is 4.39 Å². The molecule has 0 heterocycles. The number of amides is 1. The van der Waals surface area contributed by atoms with Crippen LogP contribution in [0.3, 0.4) is 0 Å². The predicted molar refractivity (Wildman–Crippen MR) is 82.4 cm³/mol. The van der Waals surface area contributed by atoms with E-state index in [0.29, 0.717) is 5.92 Å². The van der Waals surface area contributed by atoms with Crippen LogP contribution in [0.4, 0.5) is 4.39 Å². The normalized spacial score (nSPS) is 17.3. The highest BCUT2D eigenvalue weighted by atomic mass is 19.1. The Bertz CT molecular complexity index is 466. The van der Waals surface area contributed by atoms with E-state index >= 15 is 0 Å². The molecule has 2 rings (SSSR count). The van der Waals surface area contributed by atoms with E-state index in [2.05, 4.69) is 5.32 Å². The first-order chi connectivity index (χ1) is 10.1. The van der Waals surface area contributed by atoms with Crippen molar-refractivity contribution >= 4 is 5.91 Å². The molecule has 2 unspecified atom stereocenters. The molecule has 1 fully saturated rings. The topological polar surface area (TPSA) is 32.3 Å². The number of carbonyl (C=O) groups is 1. The molecule has 0 aliphatic heterocycles. The number of benzene rings is 1. The van der Waals surface area contributed by atoms with E-state index in [1.54, 1.807) is 0 Å². The first kappa shape index (κ1) is 16.0. The summed E-state index contributed by atoms with van der Waals surface area (Å²) < 4.78 is 13.1. The molecule has 1 amide bonds. The van der Waals surface area contributed by atoms with Gasteiger partial charge in [-0.15, -0.1) is 0 Å². The van der Waals surface area contributed by atoms with Crippen LogP contribution >= 0.6 is 0 Å². The van der Waals surface area contributed by atoms with Crippen molar-refractivity contribution in [2.45, 2.75) is 45.7 Å². The summed E-state index contributed by atoms with van der Waals surface area (Å²) in [6.45, 7) is 7.36. The van der Waals surface area contributed by atoms with Crippen molar-refractivity contribution in [2.75, 3.05) is 13.1 Å². The molecular formula is C17H25FN2O. The minimum Gasteiger partial charge on any atom is -0.342 e. The molecule has 0 spiro atoms. The Kier molecular flexibility index (Phi) is 5.34. The van der Waals surface area contributed by atoms with Crippen LogP contribution in [0.1, 0.15) is 45.2 Å². The molecule has 1 N–H and O–H groups in total. The lowest BCUT2D eigenvalue weighted by atomic mass is 10.0. The fourth-order valence-electron chi connectivity index (χ4n) is 2.75. The van der Waals surface area contributed by atoms with Crippen LogP contribution in [0, 0.1) is 11.7 Å².